The number of hydrogen-bond donors (Lipinski definition) is 1. The summed E-state index contributed by atoms with van der Waals surface area (Å²) in [6.07, 6.45) is 5.41. The lowest BCUT2D eigenvalue weighted by atomic mass is 9.93. The van der Waals surface area contributed by atoms with Crippen LogP contribution in [-0.2, 0) is 16.4 Å². The molecule has 1 aromatic heterocycles. The third-order valence-corrected chi connectivity index (χ3v) is 4.08. The molecule has 1 heterocycles. The van der Waals surface area contributed by atoms with E-state index in [0.717, 1.165) is 16.9 Å². The van der Waals surface area contributed by atoms with Crippen LogP contribution in [0.25, 0.3) is 0 Å². The molecule has 0 saturated heterocycles. The van der Waals surface area contributed by atoms with E-state index >= 15 is 0 Å². The molecule has 2 aromatic rings. The predicted octanol–water partition coefficient (Wildman–Crippen LogP) is 1.97. The summed E-state index contributed by atoms with van der Waals surface area (Å²) in [7, 11) is -1.60. The van der Waals surface area contributed by atoms with Gasteiger partial charge in [-0.15, -0.1) is 0 Å². The second-order valence-electron chi connectivity index (χ2n) is 5.16. The van der Waals surface area contributed by atoms with Crippen molar-refractivity contribution in [2.45, 2.75) is 12.3 Å². The average molecular weight is 320 g/mol. The number of sulfonamides is 1. The fraction of sp³-hybridized carbons (Fsp3) is 0.312. The van der Waals surface area contributed by atoms with Gasteiger partial charge in [0.2, 0.25) is 10.0 Å². The van der Waals surface area contributed by atoms with E-state index in [0.29, 0.717) is 13.0 Å². The number of benzene rings is 1. The van der Waals surface area contributed by atoms with Crippen molar-refractivity contribution in [3.8, 4) is 5.75 Å². The second-order valence-corrected chi connectivity index (χ2v) is 6.99. The Hall–Kier alpha value is -1.92. The van der Waals surface area contributed by atoms with E-state index in [9.17, 15) is 8.42 Å². The first-order valence-electron chi connectivity index (χ1n) is 6.95. The number of hydrogen-bond acceptors (Lipinski definition) is 4. The molecule has 6 heteroatoms. The number of pyridine rings is 1. The molecule has 1 aromatic carbocycles. The normalized spacial score (nSPS) is 12.8. The summed E-state index contributed by atoms with van der Waals surface area (Å²) in [5, 5.41) is 0. The zero-order valence-electron chi connectivity index (χ0n) is 12.7. The molecule has 0 fully saturated rings. The monoisotopic (exact) mass is 320 g/mol. The standard InChI is InChI=1S/C16H20N2O3S/c1-21-16-7-5-14(6-8-16)15(12-18-22(2,19)20)10-13-4-3-9-17-11-13/h3-9,11,15,18H,10,12H2,1-2H3. The third kappa shape index (κ3) is 5.13. The lowest BCUT2D eigenvalue weighted by Gasteiger charge is -2.18. The van der Waals surface area contributed by atoms with Crippen molar-refractivity contribution in [2.24, 2.45) is 0 Å². The van der Waals surface area contributed by atoms with Crippen molar-refractivity contribution < 1.29 is 13.2 Å². The predicted molar refractivity (Wildman–Crippen MR) is 86.5 cm³/mol. The lowest BCUT2D eigenvalue weighted by Crippen LogP contribution is -2.28. The highest BCUT2D eigenvalue weighted by Crippen LogP contribution is 2.23. The smallest absolute Gasteiger partial charge is 0.208 e. The van der Waals surface area contributed by atoms with Crippen LogP contribution in [-0.4, -0.2) is 33.3 Å². The molecule has 0 amide bonds. The first-order chi connectivity index (χ1) is 10.5. The summed E-state index contributed by atoms with van der Waals surface area (Å²) >= 11 is 0. The second kappa shape index (κ2) is 7.38. The van der Waals surface area contributed by atoms with E-state index in [1.165, 1.54) is 6.26 Å². The number of aromatic nitrogens is 1. The summed E-state index contributed by atoms with van der Waals surface area (Å²) in [5.74, 6) is 0.810. The molecule has 0 aliphatic heterocycles. The van der Waals surface area contributed by atoms with E-state index in [4.69, 9.17) is 4.74 Å². The maximum absolute atomic E-state index is 11.4. The van der Waals surface area contributed by atoms with Crippen LogP contribution in [0.3, 0.4) is 0 Å². The number of nitrogens with one attached hydrogen (secondary N) is 1. The van der Waals surface area contributed by atoms with Gasteiger partial charge in [0.05, 0.1) is 13.4 Å². The highest BCUT2D eigenvalue weighted by atomic mass is 32.2. The van der Waals surface area contributed by atoms with Crippen LogP contribution in [0, 0.1) is 0 Å². The quantitative estimate of drug-likeness (QED) is 0.847. The fourth-order valence-corrected chi connectivity index (χ4v) is 2.74. The van der Waals surface area contributed by atoms with Gasteiger partial charge in [0.25, 0.3) is 0 Å². The molecule has 0 aliphatic rings. The fourth-order valence-electron chi connectivity index (χ4n) is 2.24. The van der Waals surface area contributed by atoms with Crippen LogP contribution >= 0.6 is 0 Å². The van der Waals surface area contributed by atoms with Gasteiger partial charge in [-0.3, -0.25) is 4.98 Å². The van der Waals surface area contributed by atoms with E-state index in [1.807, 2.05) is 36.4 Å². The molecule has 2 rings (SSSR count). The molecule has 5 nitrogen and oxygen atoms in total. The van der Waals surface area contributed by atoms with Crippen molar-refractivity contribution in [1.82, 2.24) is 9.71 Å². The minimum atomic E-state index is -3.22. The Labute approximate surface area is 131 Å². The Balaban J connectivity index is 2.19. The van der Waals surface area contributed by atoms with E-state index in [-0.39, 0.29) is 5.92 Å². The van der Waals surface area contributed by atoms with Gasteiger partial charge in [0.15, 0.2) is 0 Å². The zero-order chi connectivity index (χ0) is 16.0. The van der Waals surface area contributed by atoms with Gasteiger partial charge in [-0.1, -0.05) is 18.2 Å². The zero-order valence-corrected chi connectivity index (χ0v) is 13.5. The maximum Gasteiger partial charge on any atom is 0.208 e. The van der Waals surface area contributed by atoms with Crippen LogP contribution in [0.15, 0.2) is 48.8 Å². The van der Waals surface area contributed by atoms with Crippen molar-refractivity contribution in [2.75, 3.05) is 19.9 Å². The van der Waals surface area contributed by atoms with Gasteiger partial charge in [-0.2, -0.15) is 0 Å². The Bertz CT molecular complexity index is 685. The minimum absolute atomic E-state index is 0.0323. The first kappa shape index (κ1) is 16.5. The molecule has 0 spiro atoms. The van der Waals surface area contributed by atoms with E-state index in [2.05, 4.69) is 9.71 Å². The molecule has 0 aliphatic carbocycles. The molecule has 1 unspecified atom stereocenters. The van der Waals surface area contributed by atoms with Crippen LogP contribution in [0.4, 0.5) is 0 Å². The highest BCUT2D eigenvalue weighted by Gasteiger charge is 2.15. The summed E-state index contributed by atoms with van der Waals surface area (Å²) in [4.78, 5) is 4.11. The van der Waals surface area contributed by atoms with Crippen LogP contribution in [0.1, 0.15) is 17.0 Å². The molecule has 118 valence electrons. The summed E-state index contributed by atoms with van der Waals surface area (Å²) in [6, 6.07) is 11.6. The van der Waals surface area contributed by atoms with E-state index < -0.39 is 10.0 Å². The number of nitrogens with zero attached hydrogens (tertiary/aromatic N) is 1. The Morgan fingerprint density at radius 1 is 1.23 bits per heavy atom. The average Bonchev–Trinajstić information content (AvgIpc) is 2.52. The molecule has 22 heavy (non-hydrogen) atoms. The molecule has 0 saturated carbocycles. The maximum atomic E-state index is 11.4. The van der Waals surface area contributed by atoms with Gasteiger partial charge in [0.1, 0.15) is 5.75 Å². The van der Waals surface area contributed by atoms with Crippen molar-refractivity contribution in [3.05, 3.63) is 59.9 Å². The summed E-state index contributed by atoms with van der Waals surface area (Å²) < 4.78 is 30.5. The van der Waals surface area contributed by atoms with Gasteiger partial charge in [0, 0.05) is 24.9 Å². The van der Waals surface area contributed by atoms with Crippen LogP contribution in [0.5, 0.6) is 5.75 Å². The molecule has 0 bridgehead atoms. The Kier molecular flexibility index (Phi) is 5.51. The third-order valence-electron chi connectivity index (χ3n) is 3.38. The topological polar surface area (TPSA) is 68.3 Å². The van der Waals surface area contributed by atoms with Gasteiger partial charge < -0.3 is 4.74 Å². The summed E-state index contributed by atoms with van der Waals surface area (Å²) in [5.41, 5.74) is 2.12. The lowest BCUT2D eigenvalue weighted by molar-refractivity contribution is 0.414. The van der Waals surface area contributed by atoms with Crippen LogP contribution < -0.4 is 9.46 Å². The highest BCUT2D eigenvalue weighted by molar-refractivity contribution is 7.88. The molecule has 1 N–H and O–H groups in total. The van der Waals surface area contributed by atoms with Crippen molar-refractivity contribution in [1.29, 1.82) is 0 Å². The van der Waals surface area contributed by atoms with Gasteiger partial charge >= 0.3 is 0 Å². The Morgan fingerprint density at radius 3 is 2.50 bits per heavy atom. The Morgan fingerprint density at radius 2 is 1.95 bits per heavy atom. The SMILES string of the molecule is COc1ccc(C(CNS(C)(=O)=O)Cc2cccnc2)cc1. The number of rotatable bonds is 7. The van der Waals surface area contributed by atoms with Gasteiger partial charge in [-0.05, 0) is 35.7 Å². The first-order valence-corrected chi connectivity index (χ1v) is 8.84. The van der Waals surface area contributed by atoms with Crippen LogP contribution in [0.2, 0.25) is 0 Å². The largest absolute Gasteiger partial charge is 0.497 e. The number of methoxy groups -OCH3 is 1. The number of ether oxygens (including phenoxy) is 1. The molecular formula is C16H20N2O3S. The molecule has 0 radical (unpaired) electrons. The van der Waals surface area contributed by atoms with Crippen molar-refractivity contribution in [3.63, 3.8) is 0 Å². The van der Waals surface area contributed by atoms with Crippen molar-refractivity contribution >= 4 is 10.0 Å². The van der Waals surface area contributed by atoms with Gasteiger partial charge in [-0.25, -0.2) is 13.1 Å². The summed E-state index contributed by atoms with van der Waals surface area (Å²) in [6.45, 7) is 0.347. The molecular weight excluding hydrogens is 300 g/mol. The molecule has 1 atom stereocenters. The van der Waals surface area contributed by atoms with E-state index in [1.54, 1.807) is 19.5 Å². The minimum Gasteiger partial charge on any atom is -0.497 e.